The Bertz CT molecular complexity index is 430. The van der Waals surface area contributed by atoms with Gasteiger partial charge in [0, 0.05) is 11.4 Å². The summed E-state index contributed by atoms with van der Waals surface area (Å²) >= 11 is 1.57. The van der Waals surface area contributed by atoms with E-state index in [9.17, 15) is 4.79 Å². The summed E-state index contributed by atoms with van der Waals surface area (Å²) < 4.78 is 0. The maximum Gasteiger partial charge on any atom is 0.237 e. The van der Waals surface area contributed by atoms with Gasteiger partial charge in [0.05, 0.1) is 23.8 Å². The normalized spacial score (nSPS) is 24.9. The number of aromatic nitrogens is 1. The molecule has 0 spiro atoms. The summed E-state index contributed by atoms with van der Waals surface area (Å²) in [5, 5.41) is 8.42. The Morgan fingerprint density at radius 2 is 2.30 bits per heavy atom. The van der Waals surface area contributed by atoms with Gasteiger partial charge in [0.2, 0.25) is 5.91 Å². The first-order valence-electron chi connectivity index (χ1n) is 7.46. The van der Waals surface area contributed by atoms with Crippen molar-refractivity contribution in [3.63, 3.8) is 0 Å². The first-order chi connectivity index (χ1) is 9.84. The van der Waals surface area contributed by atoms with Crippen molar-refractivity contribution in [3.8, 4) is 0 Å². The summed E-state index contributed by atoms with van der Waals surface area (Å²) in [6.45, 7) is 3.78. The van der Waals surface area contributed by atoms with Crippen LogP contribution in [0.4, 0.5) is 0 Å². The predicted octanol–water partition coefficient (Wildman–Crippen LogP) is 0.976. The molecule has 1 unspecified atom stereocenters. The Hall–Kier alpha value is -0.980. The van der Waals surface area contributed by atoms with E-state index in [0.717, 1.165) is 51.0 Å². The van der Waals surface area contributed by atoms with Gasteiger partial charge in [0.1, 0.15) is 0 Å². The second-order valence-corrected chi connectivity index (χ2v) is 6.29. The molecule has 1 amide bonds. The number of thiazole rings is 1. The number of likely N-dealkylation sites (tertiary alicyclic amines) is 1. The molecule has 0 aromatic carbocycles. The molecule has 20 heavy (non-hydrogen) atoms. The second-order valence-electron chi connectivity index (χ2n) is 5.57. The van der Waals surface area contributed by atoms with E-state index in [4.69, 9.17) is 0 Å². The summed E-state index contributed by atoms with van der Waals surface area (Å²) in [4.78, 5) is 19.0. The zero-order chi connectivity index (χ0) is 13.8. The van der Waals surface area contributed by atoms with Crippen molar-refractivity contribution in [1.29, 1.82) is 0 Å². The molecule has 0 saturated carbocycles. The highest BCUT2D eigenvalue weighted by Gasteiger charge is 2.35. The Labute approximate surface area is 123 Å². The zero-order valence-corrected chi connectivity index (χ0v) is 12.5. The van der Waals surface area contributed by atoms with Crippen LogP contribution in [0.2, 0.25) is 0 Å². The average Bonchev–Trinajstić information content (AvgIpc) is 3.17. The molecule has 3 rings (SSSR count). The first-order valence-corrected chi connectivity index (χ1v) is 8.40. The Kier molecular flexibility index (Phi) is 4.65. The maximum absolute atomic E-state index is 12.4. The molecule has 2 aliphatic heterocycles. The van der Waals surface area contributed by atoms with Crippen LogP contribution in [0.5, 0.6) is 0 Å². The average molecular weight is 294 g/mol. The van der Waals surface area contributed by atoms with Crippen molar-refractivity contribution < 1.29 is 4.79 Å². The summed E-state index contributed by atoms with van der Waals surface area (Å²) in [5.41, 5.74) is 2.76. The second kappa shape index (κ2) is 6.65. The van der Waals surface area contributed by atoms with Crippen LogP contribution in [0, 0.1) is 0 Å². The van der Waals surface area contributed by atoms with E-state index in [1.165, 1.54) is 0 Å². The van der Waals surface area contributed by atoms with Crippen molar-refractivity contribution in [2.75, 3.05) is 19.6 Å². The van der Waals surface area contributed by atoms with E-state index in [2.05, 4.69) is 20.5 Å². The van der Waals surface area contributed by atoms with Gasteiger partial charge >= 0.3 is 0 Å². The molecule has 3 heterocycles. The number of hydrogen-bond acceptors (Lipinski definition) is 5. The molecule has 6 heteroatoms. The van der Waals surface area contributed by atoms with Gasteiger partial charge in [-0.2, -0.15) is 0 Å². The van der Waals surface area contributed by atoms with E-state index in [0.29, 0.717) is 12.6 Å². The van der Waals surface area contributed by atoms with Crippen molar-refractivity contribution in [2.24, 2.45) is 0 Å². The van der Waals surface area contributed by atoms with Gasteiger partial charge in [-0.25, -0.2) is 4.98 Å². The predicted molar refractivity (Wildman–Crippen MR) is 79.6 cm³/mol. The minimum Gasteiger partial charge on any atom is -0.349 e. The van der Waals surface area contributed by atoms with Crippen LogP contribution in [-0.4, -0.2) is 47.5 Å². The molecular weight excluding hydrogens is 272 g/mol. The van der Waals surface area contributed by atoms with Crippen LogP contribution in [-0.2, 0) is 11.3 Å². The molecule has 1 aromatic heterocycles. The molecular formula is C14H22N4OS. The fourth-order valence-electron chi connectivity index (χ4n) is 3.27. The molecule has 1 aromatic rings. The molecule has 1 atom stereocenters. The summed E-state index contributed by atoms with van der Waals surface area (Å²) in [6, 6.07) is 0.644. The molecule has 5 nitrogen and oxygen atoms in total. The number of nitrogens with one attached hydrogen (secondary N) is 2. The number of amides is 1. The Balaban J connectivity index is 1.55. The third kappa shape index (κ3) is 3.19. The lowest BCUT2D eigenvalue weighted by atomic mass is 10.0. The van der Waals surface area contributed by atoms with E-state index in [1.54, 1.807) is 16.8 Å². The molecule has 2 fully saturated rings. The van der Waals surface area contributed by atoms with Gasteiger partial charge in [0.15, 0.2) is 0 Å². The third-order valence-electron chi connectivity index (χ3n) is 4.30. The van der Waals surface area contributed by atoms with E-state index < -0.39 is 0 Å². The van der Waals surface area contributed by atoms with Crippen molar-refractivity contribution >= 4 is 17.2 Å². The minimum atomic E-state index is 0.0664. The standard InChI is InChI=1S/C14H22N4OS/c19-14(16-8-11-9-20-10-17-11)13-2-1-7-18(13)12-3-5-15-6-4-12/h9-10,12-13,15H,1-8H2,(H,16,19). The lowest BCUT2D eigenvalue weighted by Gasteiger charge is -2.35. The quantitative estimate of drug-likeness (QED) is 0.869. The van der Waals surface area contributed by atoms with Gasteiger partial charge in [-0.1, -0.05) is 0 Å². The fourth-order valence-corrected chi connectivity index (χ4v) is 3.82. The van der Waals surface area contributed by atoms with Gasteiger partial charge in [-0.15, -0.1) is 11.3 Å². The molecule has 110 valence electrons. The topological polar surface area (TPSA) is 57.3 Å². The van der Waals surface area contributed by atoms with Gasteiger partial charge in [-0.05, 0) is 45.3 Å². The summed E-state index contributed by atoms with van der Waals surface area (Å²) in [6.07, 6.45) is 4.46. The number of nitrogens with zero attached hydrogens (tertiary/aromatic N) is 2. The number of hydrogen-bond donors (Lipinski definition) is 2. The van der Waals surface area contributed by atoms with Gasteiger partial charge in [-0.3, -0.25) is 9.69 Å². The first kappa shape index (κ1) is 14.0. The van der Waals surface area contributed by atoms with Crippen molar-refractivity contribution in [2.45, 2.75) is 44.3 Å². The largest absolute Gasteiger partial charge is 0.349 e. The highest BCUT2D eigenvalue weighted by molar-refractivity contribution is 7.07. The van der Waals surface area contributed by atoms with E-state index in [-0.39, 0.29) is 11.9 Å². The molecule has 0 radical (unpaired) electrons. The van der Waals surface area contributed by atoms with Crippen LogP contribution in [0.15, 0.2) is 10.9 Å². The maximum atomic E-state index is 12.4. The molecule has 2 saturated heterocycles. The number of rotatable bonds is 4. The molecule has 2 aliphatic rings. The number of piperidine rings is 1. The minimum absolute atomic E-state index is 0.0664. The number of carbonyl (C=O) groups excluding carboxylic acids is 1. The highest BCUT2D eigenvalue weighted by atomic mass is 32.1. The fraction of sp³-hybridized carbons (Fsp3) is 0.714. The molecule has 2 N–H and O–H groups in total. The van der Waals surface area contributed by atoms with Crippen LogP contribution in [0.1, 0.15) is 31.4 Å². The summed E-state index contributed by atoms with van der Waals surface area (Å²) in [7, 11) is 0. The lowest BCUT2D eigenvalue weighted by molar-refractivity contribution is -0.126. The van der Waals surface area contributed by atoms with Crippen LogP contribution in [0.3, 0.4) is 0 Å². The molecule has 0 bridgehead atoms. The third-order valence-corrected chi connectivity index (χ3v) is 4.94. The van der Waals surface area contributed by atoms with Gasteiger partial charge in [0.25, 0.3) is 0 Å². The SMILES string of the molecule is O=C(NCc1cscn1)C1CCCN1C1CCNCC1. The van der Waals surface area contributed by atoms with Crippen molar-refractivity contribution in [3.05, 3.63) is 16.6 Å². The highest BCUT2D eigenvalue weighted by Crippen LogP contribution is 2.24. The molecule has 0 aliphatic carbocycles. The van der Waals surface area contributed by atoms with Crippen LogP contribution < -0.4 is 10.6 Å². The smallest absolute Gasteiger partial charge is 0.237 e. The Morgan fingerprint density at radius 1 is 1.45 bits per heavy atom. The summed E-state index contributed by atoms with van der Waals surface area (Å²) in [5.74, 6) is 0.175. The van der Waals surface area contributed by atoms with Crippen LogP contribution in [0.25, 0.3) is 0 Å². The van der Waals surface area contributed by atoms with Gasteiger partial charge < -0.3 is 10.6 Å². The monoisotopic (exact) mass is 294 g/mol. The van der Waals surface area contributed by atoms with Crippen LogP contribution >= 0.6 is 11.3 Å². The Morgan fingerprint density at radius 3 is 3.05 bits per heavy atom. The van der Waals surface area contributed by atoms with Crippen molar-refractivity contribution in [1.82, 2.24) is 20.5 Å². The zero-order valence-electron chi connectivity index (χ0n) is 11.7. The lowest BCUT2D eigenvalue weighted by Crippen LogP contribution is -2.50. The van der Waals surface area contributed by atoms with E-state index >= 15 is 0 Å². The number of carbonyl (C=O) groups is 1. The van der Waals surface area contributed by atoms with E-state index in [1.807, 2.05) is 5.38 Å².